The Balaban J connectivity index is 2.33. The monoisotopic (exact) mass is 568 g/mol. The Labute approximate surface area is 247 Å². The Kier molecular flexibility index (Phi) is 9.81. The van der Waals surface area contributed by atoms with Gasteiger partial charge in [-0.25, -0.2) is 0 Å². The molecule has 3 rings (SSSR count). The Morgan fingerprint density at radius 1 is 0.500 bits per heavy atom. The van der Waals surface area contributed by atoms with Gasteiger partial charge in [-0.1, -0.05) is 107 Å². The van der Waals surface area contributed by atoms with Crippen LogP contribution >= 0.6 is 0 Å². The third-order valence-electron chi connectivity index (χ3n) is 9.57. The summed E-state index contributed by atoms with van der Waals surface area (Å²) in [5, 5.41) is 2.19. The van der Waals surface area contributed by atoms with Crippen LogP contribution in [0.4, 0.5) is 0 Å². The van der Waals surface area contributed by atoms with Crippen LogP contribution in [0.1, 0.15) is 106 Å². The van der Waals surface area contributed by atoms with Gasteiger partial charge >= 0.3 is 0 Å². The van der Waals surface area contributed by atoms with Crippen LogP contribution in [0.2, 0.25) is 33.2 Å². The van der Waals surface area contributed by atoms with E-state index in [1.807, 2.05) is 0 Å². The minimum absolute atomic E-state index is 0.596. The molecule has 3 aromatic rings. The summed E-state index contributed by atoms with van der Waals surface area (Å²) in [6.45, 7) is 32.6. The molecular formula is C36H52N2Si2. The summed E-state index contributed by atoms with van der Waals surface area (Å²) >= 11 is 0. The minimum Gasteiger partial charge on any atom is -0.251 e. The molecule has 40 heavy (non-hydrogen) atoms. The molecule has 0 aliphatic rings. The maximum absolute atomic E-state index is 5.03. The third-order valence-corrected chi connectivity index (χ3v) is 22.2. The Bertz CT molecular complexity index is 1350. The van der Waals surface area contributed by atoms with Crippen molar-refractivity contribution in [2.75, 3.05) is 0 Å². The van der Waals surface area contributed by atoms with Crippen LogP contribution in [0.25, 0.3) is 21.8 Å². The molecule has 0 fully saturated rings. The lowest BCUT2D eigenvalue weighted by molar-refractivity contribution is 0.838. The van der Waals surface area contributed by atoms with Crippen molar-refractivity contribution in [2.24, 2.45) is 0 Å². The zero-order valence-electron chi connectivity index (χ0n) is 27.7. The maximum Gasteiger partial charge on any atom is 0.146 e. The third kappa shape index (κ3) is 5.68. The lowest BCUT2D eigenvalue weighted by Gasteiger charge is -2.38. The van der Waals surface area contributed by atoms with Gasteiger partial charge in [-0.2, -0.15) is 0 Å². The van der Waals surface area contributed by atoms with Gasteiger partial charge in [-0.3, -0.25) is 9.97 Å². The van der Waals surface area contributed by atoms with Crippen molar-refractivity contribution in [1.82, 2.24) is 9.97 Å². The zero-order chi connectivity index (χ0) is 30.2. The first-order valence-electron chi connectivity index (χ1n) is 15.4. The summed E-state index contributed by atoms with van der Waals surface area (Å²) in [5.74, 6) is 7.42. The molecule has 2 nitrogen and oxygen atoms in total. The number of benzene rings is 1. The molecule has 214 valence electrons. The van der Waals surface area contributed by atoms with Gasteiger partial charge in [0.15, 0.2) is 0 Å². The predicted octanol–water partition coefficient (Wildman–Crippen LogP) is 10.5. The van der Waals surface area contributed by atoms with E-state index in [2.05, 4.69) is 144 Å². The second-order valence-electron chi connectivity index (χ2n) is 13.8. The van der Waals surface area contributed by atoms with Crippen LogP contribution in [0.15, 0.2) is 24.3 Å². The number of fused-ring (bicyclic) bond motifs is 3. The normalized spacial score (nSPS) is 12.7. The standard InChI is InChI=1S/C36H52N2Si2/c1-23(2)39(24(3)4,25(5)6)19-17-31-21-29(13)37-35-33(31)15-16-34-32(22-30(14)38-36(34)35)18-20-40(26(7)8,27(9)10)28(11)12/h15-16,21-28H,1-14H3. The van der Waals surface area contributed by atoms with E-state index in [-0.39, 0.29) is 0 Å². The van der Waals surface area contributed by atoms with Crippen LogP contribution in [-0.2, 0) is 0 Å². The van der Waals surface area contributed by atoms with Crippen molar-refractivity contribution in [2.45, 2.75) is 130 Å². The molecule has 0 bridgehead atoms. The van der Waals surface area contributed by atoms with Crippen LogP contribution in [0.5, 0.6) is 0 Å². The summed E-state index contributed by atoms with van der Waals surface area (Å²) in [4.78, 5) is 10.1. The minimum atomic E-state index is -1.86. The molecule has 1 aromatic carbocycles. The molecule has 0 unspecified atom stereocenters. The molecule has 0 radical (unpaired) electrons. The van der Waals surface area contributed by atoms with Crippen LogP contribution in [0.3, 0.4) is 0 Å². The van der Waals surface area contributed by atoms with Crippen molar-refractivity contribution >= 4 is 38.0 Å². The van der Waals surface area contributed by atoms with Crippen molar-refractivity contribution in [3.8, 4) is 22.9 Å². The van der Waals surface area contributed by atoms with Crippen molar-refractivity contribution < 1.29 is 0 Å². The molecule has 4 heteroatoms. The van der Waals surface area contributed by atoms with Gasteiger partial charge in [0.25, 0.3) is 0 Å². The van der Waals surface area contributed by atoms with Gasteiger partial charge in [-0.05, 0) is 59.2 Å². The van der Waals surface area contributed by atoms with E-state index in [0.717, 1.165) is 44.3 Å². The van der Waals surface area contributed by atoms with Gasteiger partial charge in [0.2, 0.25) is 0 Å². The second-order valence-corrected chi connectivity index (χ2v) is 24.9. The number of rotatable bonds is 6. The predicted molar refractivity (Wildman–Crippen MR) is 182 cm³/mol. The molecule has 2 aromatic heterocycles. The molecule has 0 spiro atoms. The lowest BCUT2D eigenvalue weighted by Crippen LogP contribution is -2.43. The number of aromatic nitrogens is 2. The molecule has 0 aliphatic carbocycles. The fourth-order valence-corrected chi connectivity index (χ4v) is 18.1. The number of hydrogen-bond acceptors (Lipinski definition) is 2. The summed E-state index contributed by atoms with van der Waals surface area (Å²) in [7, 11) is -3.71. The van der Waals surface area contributed by atoms with E-state index in [9.17, 15) is 0 Å². The average molecular weight is 569 g/mol. The Morgan fingerprint density at radius 3 is 1.02 bits per heavy atom. The number of nitrogens with zero attached hydrogens (tertiary/aromatic N) is 2. The number of aryl methyl sites for hydroxylation is 2. The average Bonchev–Trinajstić information content (AvgIpc) is 2.83. The maximum atomic E-state index is 5.03. The van der Waals surface area contributed by atoms with Crippen LogP contribution < -0.4 is 0 Å². The lowest BCUT2D eigenvalue weighted by atomic mass is 10.0. The molecule has 0 amide bonds. The summed E-state index contributed by atoms with van der Waals surface area (Å²) in [5.41, 5.74) is 17.4. The van der Waals surface area contributed by atoms with E-state index >= 15 is 0 Å². The van der Waals surface area contributed by atoms with Gasteiger partial charge in [0.05, 0.1) is 11.0 Å². The van der Waals surface area contributed by atoms with Crippen molar-refractivity contribution in [3.63, 3.8) is 0 Å². The van der Waals surface area contributed by atoms with E-state index in [4.69, 9.17) is 9.97 Å². The highest BCUT2D eigenvalue weighted by Crippen LogP contribution is 2.42. The van der Waals surface area contributed by atoms with E-state index < -0.39 is 16.1 Å². The fraction of sp³-hybridized carbons (Fsp3) is 0.556. The molecule has 0 atom stereocenters. The first-order chi connectivity index (χ1) is 18.6. The van der Waals surface area contributed by atoms with E-state index in [1.54, 1.807) is 0 Å². The van der Waals surface area contributed by atoms with Gasteiger partial charge in [-0.15, -0.1) is 11.1 Å². The highest BCUT2D eigenvalue weighted by atomic mass is 28.3. The highest BCUT2D eigenvalue weighted by molar-refractivity contribution is 6.91. The smallest absolute Gasteiger partial charge is 0.146 e. The fourth-order valence-electron chi connectivity index (χ4n) is 7.66. The largest absolute Gasteiger partial charge is 0.251 e. The Morgan fingerprint density at radius 2 is 0.775 bits per heavy atom. The summed E-state index contributed by atoms with van der Waals surface area (Å²) in [6, 6.07) is 8.73. The van der Waals surface area contributed by atoms with E-state index in [1.165, 1.54) is 0 Å². The summed E-state index contributed by atoms with van der Waals surface area (Å²) in [6.07, 6.45) is 0. The van der Waals surface area contributed by atoms with E-state index in [0.29, 0.717) is 33.2 Å². The molecule has 0 saturated heterocycles. The van der Waals surface area contributed by atoms with Crippen molar-refractivity contribution in [1.29, 1.82) is 0 Å². The van der Waals surface area contributed by atoms with Crippen LogP contribution in [-0.4, -0.2) is 26.1 Å². The topological polar surface area (TPSA) is 25.8 Å². The van der Waals surface area contributed by atoms with Gasteiger partial charge in [0.1, 0.15) is 16.1 Å². The molecule has 0 N–H and O–H groups in total. The summed E-state index contributed by atoms with van der Waals surface area (Å²) < 4.78 is 0. The number of hydrogen-bond donors (Lipinski definition) is 0. The van der Waals surface area contributed by atoms with Crippen LogP contribution in [0, 0.1) is 36.8 Å². The zero-order valence-corrected chi connectivity index (χ0v) is 29.7. The molecule has 0 saturated carbocycles. The quantitative estimate of drug-likeness (QED) is 0.168. The number of pyridine rings is 2. The SMILES string of the molecule is Cc1cc(C#C[Si](C(C)C)(C(C)C)C(C)C)c2ccc3c(C#C[Si](C(C)C)(C(C)C)C(C)C)cc(C)nc3c2n1. The molecular weight excluding hydrogens is 517 g/mol. The first kappa shape index (κ1) is 32.1. The second kappa shape index (κ2) is 12.2. The molecule has 0 aliphatic heterocycles. The van der Waals surface area contributed by atoms with Gasteiger partial charge < -0.3 is 0 Å². The first-order valence-corrected chi connectivity index (χ1v) is 19.8. The highest BCUT2D eigenvalue weighted by Gasteiger charge is 2.42. The molecule has 2 heterocycles. The van der Waals surface area contributed by atoms with Gasteiger partial charge in [0, 0.05) is 33.3 Å². The van der Waals surface area contributed by atoms with Crippen molar-refractivity contribution in [3.05, 3.63) is 46.8 Å². The Hall–Kier alpha value is -2.41.